The Kier molecular flexibility index (Phi) is 4.29. The zero-order valence-corrected chi connectivity index (χ0v) is 14.9. The number of hydrogen-bond acceptors (Lipinski definition) is 2. The molecule has 0 N–H and O–H groups in total. The Labute approximate surface area is 143 Å². The van der Waals surface area contributed by atoms with Gasteiger partial charge in [-0.05, 0) is 55.2 Å². The van der Waals surface area contributed by atoms with Gasteiger partial charge in [0.05, 0.1) is 9.79 Å². The van der Waals surface area contributed by atoms with Gasteiger partial charge >= 0.3 is 0 Å². The molecule has 0 bridgehead atoms. The fraction of sp³-hybridized carbons (Fsp3) is 0.143. The molecule has 122 valence electrons. The van der Waals surface area contributed by atoms with Crippen LogP contribution in [0, 0.1) is 20.8 Å². The molecule has 24 heavy (non-hydrogen) atoms. The van der Waals surface area contributed by atoms with Crippen LogP contribution in [0.15, 0.2) is 76.5 Å². The first-order chi connectivity index (χ1) is 11.4. The third-order valence-electron chi connectivity index (χ3n) is 4.12. The second kappa shape index (κ2) is 6.25. The summed E-state index contributed by atoms with van der Waals surface area (Å²) in [7, 11) is -3.55. The summed E-state index contributed by atoms with van der Waals surface area (Å²) in [6.07, 6.45) is 0. The maximum absolute atomic E-state index is 13.2. The minimum absolute atomic E-state index is 0.332. The first-order valence-corrected chi connectivity index (χ1v) is 9.36. The highest BCUT2D eigenvalue weighted by molar-refractivity contribution is 7.91. The fourth-order valence-electron chi connectivity index (χ4n) is 3.18. The summed E-state index contributed by atoms with van der Waals surface area (Å²) in [5, 5.41) is 0. The summed E-state index contributed by atoms with van der Waals surface area (Å²) in [5.41, 5.74) is 4.56. The van der Waals surface area contributed by atoms with Gasteiger partial charge in [0.15, 0.2) is 0 Å². The van der Waals surface area contributed by atoms with Crippen LogP contribution in [0.25, 0.3) is 11.1 Å². The zero-order valence-electron chi connectivity index (χ0n) is 14.1. The summed E-state index contributed by atoms with van der Waals surface area (Å²) in [6, 6.07) is 20.8. The zero-order chi connectivity index (χ0) is 17.3. The van der Waals surface area contributed by atoms with Crippen LogP contribution in [-0.2, 0) is 9.84 Å². The molecule has 0 aliphatic carbocycles. The van der Waals surface area contributed by atoms with Crippen LogP contribution in [0.3, 0.4) is 0 Å². The number of benzene rings is 3. The van der Waals surface area contributed by atoms with Crippen LogP contribution < -0.4 is 0 Å². The van der Waals surface area contributed by atoms with Crippen molar-refractivity contribution in [2.45, 2.75) is 30.6 Å². The Bertz CT molecular complexity index is 964. The lowest BCUT2D eigenvalue weighted by Crippen LogP contribution is -2.07. The van der Waals surface area contributed by atoms with E-state index in [9.17, 15) is 8.42 Å². The maximum Gasteiger partial charge on any atom is 0.207 e. The summed E-state index contributed by atoms with van der Waals surface area (Å²) < 4.78 is 26.3. The van der Waals surface area contributed by atoms with Crippen molar-refractivity contribution < 1.29 is 8.42 Å². The standard InChI is InChI=1S/C21H20O2S/c1-15-12-16(2)21(17(3)13-15)24(22,23)20-11-7-10-19(14-20)18-8-5-4-6-9-18/h4-14H,1-3H3. The molecule has 0 fully saturated rings. The minimum atomic E-state index is -3.55. The molecular formula is C21H20O2S. The molecule has 0 saturated heterocycles. The molecule has 0 aliphatic rings. The molecule has 0 heterocycles. The van der Waals surface area contributed by atoms with Crippen molar-refractivity contribution >= 4 is 9.84 Å². The molecule has 3 aromatic carbocycles. The topological polar surface area (TPSA) is 34.1 Å². The van der Waals surface area contributed by atoms with Gasteiger partial charge in [0.1, 0.15) is 0 Å². The summed E-state index contributed by atoms with van der Waals surface area (Å²) in [4.78, 5) is 0.747. The third kappa shape index (κ3) is 3.00. The van der Waals surface area contributed by atoms with E-state index in [1.165, 1.54) is 0 Å². The van der Waals surface area contributed by atoms with Crippen molar-refractivity contribution in [3.63, 3.8) is 0 Å². The predicted octanol–water partition coefficient (Wildman–Crippen LogP) is 5.11. The average molecular weight is 336 g/mol. The van der Waals surface area contributed by atoms with Crippen LogP contribution in [-0.4, -0.2) is 8.42 Å². The molecule has 0 saturated carbocycles. The molecule has 3 heteroatoms. The van der Waals surface area contributed by atoms with Crippen LogP contribution in [0.2, 0.25) is 0 Å². The highest BCUT2D eigenvalue weighted by Crippen LogP contribution is 2.30. The summed E-state index contributed by atoms with van der Waals surface area (Å²) in [6.45, 7) is 5.69. The first kappa shape index (κ1) is 16.5. The largest absolute Gasteiger partial charge is 0.218 e. The second-order valence-electron chi connectivity index (χ2n) is 6.13. The second-order valence-corrected chi connectivity index (χ2v) is 8.01. The van der Waals surface area contributed by atoms with E-state index in [1.54, 1.807) is 18.2 Å². The Morgan fingerprint density at radius 1 is 0.667 bits per heavy atom. The van der Waals surface area contributed by atoms with Gasteiger partial charge in [-0.25, -0.2) is 8.42 Å². The van der Waals surface area contributed by atoms with Gasteiger partial charge < -0.3 is 0 Å². The molecule has 3 aromatic rings. The van der Waals surface area contributed by atoms with Crippen molar-refractivity contribution in [1.29, 1.82) is 0 Å². The number of sulfone groups is 1. The lowest BCUT2D eigenvalue weighted by atomic mass is 10.1. The van der Waals surface area contributed by atoms with Gasteiger partial charge in [0.25, 0.3) is 0 Å². The van der Waals surface area contributed by atoms with Gasteiger partial charge in [-0.3, -0.25) is 0 Å². The van der Waals surface area contributed by atoms with Crippen molar-refractivity contribution in [1.82, 2.24) is 0 Å². The third-order valence-corrected chi connectivity index (χ3v) is 6.18. The van der Waals surface area contributed by atoms with E-state index in [-0.39, 0.29) is 0 Å². The molecule has 0 atom stereocenters. The molecule has 0 aromatic heterocycles. The van der Waals surface area contributed by atoms with E-state index in [0.29, 0.717) is 9.79 Å². The van der Waals surface area contributed by atoms with Gasteiger partial charge in [0, 0.05) is 0 Å². The molecule has 0 spiro atoms. The normalized spacial score (nSPS) is 11.5. The predicted molar refractivity (Wildman–Crippen MR) is 98.0 cm³/mol. The summed E-state index contributed by atoms with van der Waals surface area (Å²) >= 11 is 0. The Morgan fingerprint density at radius 3 is 1.88 bits per heavy atom. The molecule has 0 unspecified atom stereocenters. The van der Waals surface area contributed by atoms with Gasteiger partial charge in [-0.2, -0.15) is 0 Å². The Hall–Kier alpha value is -2.39. The average Bonchev–Trinajstić information content (AvgIpc) is 2.54. The van der Waals surface area contributed by atoms with Crippen molar-refractivity contribution in [3.05, 3.63) is 83.4 Å². The van der Waals surface area contributed by atoms with Gasteiger partial charge in [-0.15, -0.1) is 0 Å². The highest BCUT2D eigenvalue weighted by atomic mass is 32.2. The van der Waals surface area contributed by atoms with E-state index in [2.05, 4.69) is 0 Å². The number of aryl methyl sites for hydroxylation is 3. The molecule has 3 rings (SSSR count). The minimum Gasteiger partial charge on any atom is -0.218 e. The van der Waals surface area contributed by atoms with E-state index in [1.807, 2.05) is 69.3 Å². The highest BCUT2D eigenvalue weighted by Gasteiger charge is 2.22. The van der Waals surface area contributed by atoms with Crippen molar-refractivity contribution in [2.75, 3.05) is 0 Å². The molecule has 0 radical (unpaired) electrons. The van der Waals surface area contributed by atoms with Crippen LogP contribution in [0.5, 0.6) is 0 Å². The summed E-state index contributed by atoms with van der Waals surface area (Å²) in [5.74, 6) is 0. The van der Waals surface area contributed by atoms with Gasteiger partial charge in [0.2, 0.25) is 9.84 Å². The lowest BCUT2D eigenvalue weighted by molar-refractivity contribution is 0.595. The Morgan fingerprint density at radius 2 is 1.25 bits per heavy atom. The lowest BCUT2D eigenvalue weighted by Gasteiger charge is -2.13. The molecule has 0 amide bonds. The number of rotatable bonds is 3. The van der Waals surface area contributed by atoms with E-state index < -0.39 is 9.84 Å². The monoisotopic (exact) mass is 336 g/mol. The smallest absolute Gasteiger partial charge is 0.207 e. The van der Waals surface area contributed by atoms with Crippen molar-refractivity contribution in [2.24, 2.45) is 0 Å². The fourth-order valence-corrected chi connectivity index (χ4v) is 4.92. The van der Waals surface area contributed by atoms with Crippen LogP contribution in [0.1, 0.15) is 16.7 Å². The van der Waals surface area contributed by atoms with E-state index >= 15 is 0 Å². The molecule has 0 aliphatic heterocycles. The van der Waals surface area contributed by atoms with E-state index in [4.69, 9.17) is 0 Å². The van der Waals surface area contributed by atoms with E-state index in [0.717, 1.165) is 27.8 Å². The molecule has 2 nitrogen and oxygen atoms in total. The SMILES string of the molecule is Cc1cc(C)c(S(=O)(=O)c2cccc(-c3ccccc3)c2)c(C)c1. The maximum atomic E-state index is 13.2. The van der Waals surface area contributed by atoms with Crippen molar-refractivity contribution in [3.8, 4) is 11.1 Å². The first-order valence-electron chi connectivity index (χ1n) is 7.88. The van der Waals surface area contributed by atoms with Crippen LogP contribution >= 0.6 is 0 Å². The number of hydrogen-bond donors (Lipinski definition) is 0. The Balaban J connectivity index is 2.16. The van der Waals surface area contributed by atoms with Crippen LogP contribution in [0.4, 0.5) is 0 Å². The quantitative estimate of drug-likeness (QED) is 0.666. The van der Waals surface area contributed by atoms with Gasteiger partial charge in [-0.1, -0.05) is 60.2 Å². The molecular weight excluding hydrogens is 316 g/mol.